The number of carbonyl (C=O) groups excluding carboxylic acids is 1. The Balaban J connectivity index is 1.43. The summed E-state index contributed by atoms with van der Waals surface area (Å²) in [7, 11) is 0. The predicted molar refractivity (Wildman–Crippen MR) is 142 cm³/mol. The summed E-state index contributed by atoms with van der Waals surface area (Å²) in [5.41, 5.74) is 2.40. The molecule has 1 aromatic carbocycles. The van der Waals surface area contributed by atoms with Crippen LogP contribution in [0.1, 0.15) is 64.9 Å². The van der Waals surface area contributed by atoms with Crippen molar-refractivity contribution < 1.29 is 23.7 Å². The molecule has 3 aromatic rings. The number of hydrogen-bond acceptors (Lipinski definition) is 8. The molecule has 2 aliphatic rings. The standard InChI is InChI=1S/C28H35N5O5/c1-6-7-13-35-24-22-23(30-26(31-24)32-27(34)38-28(3,4)5)33(16-29-22)20-14-21-19(17(20)2)15-36-25(37-21)18-11-9-8-10-12-18/h8-12,16,19-21,25H,2,6-7,13-15H2,1,3-5H3,(H,30,31,32,34)/t19-,20-,21-,25?/m0/s1. The molecule has 1 aliphatic heterocycles. The van der Waals surface area contributed by atoms with Crippen LogP contribution in [-0.2, 0) is 14.2 Å². The lowest BCUT2D eigenvalue weighted by Crippen LogP contribution is -2.32. The first-order chi connectivity index (χ1) is 18.2. The van der Waals surface area contributed by atoms with E-state index in [0.717, 1.165) is 24.0 Å². The second-order valence-corrected chi connectivity index (χ2v) is 10.7. The molecule has 0 bridgehead atoms. The molecule has 3 heterocycles. The normalized spacial score (nSPS) is 23.3. The molecule has 4 atom stereocenters. The fourth-order valence-corrected chi connectivity index (χ4v) is 4.84. The number of aromatic nitrogens is 4. The fraction of sp³-hybridized carbons (Fsp3) is 0.500. The number of nitrogens with zero attached hydrogens (tertiary/aromatic N) is 4. The van der Waals surface area contributed by atoms with Gasteiger partial charge in [0, 0.05) is 11.5 Å². The first-order valence-corrected chi connectivity index (χ1v) is 13.1. The lowest BCUT2D eigenvalue weighted by Gasteiger charge is -2.33. The Morgan fingerprint density at radius 3 is 2.76 bits per heavy atom. The van der Waals surface area contributed by atoms with Gasteiger partial charge in [-0.05, 0) is 39.2 Å². The number of ether oxygens (including phenoxy) is 4. The SMILES string of the molecule is C=C1[C@@H]2COC(c3ccccc3)O[C@H]2C[C@@H]1n1cnc2c(OCCCC)nc(NC(=O)OC(C)(C)C)nc21. The molecule has 2 aromatic heterocycles. The number of amides is 1. The van der Waals surface area contributed by atoms with E-state index < -0.39 is 18.0 Å². The van der Waals surface area contributed by atoms with E-state index in [-0.39, 0.29) is 24.0 Å². The molecule has 1 N–H and O–H groups in total. The molecule has 1 saturated carbocycles. The monoisotopic (exact) mass is 521 g/mol. The van der Waals surface area contributed by atoms with Crippen molar-refractivity contribution in [2.45, 2.75) is 71.0 Å². The van der Waals surface area contributed by atoms with Gasteiger partial charge in [-0.1, -0.05) is 50.3 Å². The first-order valence-electron chi connectivity index (χ1n) is 13.1. The van der Waals surface area contributed by atoms with Crippen LogP contribution in [0.25, 0.3) is 11.2 Å². The van der Waals surface area contributed by atoms with Gasteiger partial charge in [0.15, 0.2) is 17.5 Å². The quantitative estimate of drug-likeness (QED) is 0.317. The molecule has 2 fully saturated rings. The topological polar surface area (TPSA) is 110 Å². The van der Waals surface area contributed by atoms with Crippen molar-refractivity contribution in [2.24, 2.45) is 5.92 Å². The average Bonchev–Trinajstić information content (AvgIpc) is 3.44. The van der Waals surface area contributed by atoms with Crippen LogP contribution in [0.5, 0.6) is 5.88 Å². The number of anilines is 1. The zero-order chi connectivity index (χ0) is 26.9. The summed E-state index contributed by atoms with van der Waals surface area (Å²) in [4.78, 5) is 26.1. The molecular formula is C28H35N5O5. The molecule has 1 amide bonds. The molecule has 38 heavy (non-hydrogen) atoms. The van der Waals surface area contributed by atoms with Gasteiger partial charge in [-0.3, -0.25) is 5.32 Å². The third kappa shape index (κ3) is 5.51. The van der Waals surface area contributed by atoms with Crippen molar-refractivity contribution in [1.29, 1.82) is 0 Å². The van der Waals surface area contributed by atoms with Crippen molar-refractivity contribution >= 4 is 23.2 Å². The highest BCUT2D eigenvalue weighted by Gasteiger charge is 2.44. The minimum atomic E-state index is -0.659. The van der Waals surface area contributed by atoms with Gasteiger partial charge in [-0.2, -0.15) is 9.97 Å². The second kappa shape index (κ2) is 10.7. The average molecular weight is 522 g/mol. The van der Waals surface area contributed by atoms with Crippen LogP contribution in [0.3, 0.4) is 0 Å². The van der Waals surface area contributed by atoms with Crippen LogP contribution in [0, 0.1) is 5.92 Å². The van der Waals surface area contributed by atoms with Crippen LogP contribution >= 0.6 is 0 Å². The molecular weight excluding hydrogens is 486 g/mol. The van der Waals surface area contributed by atoms with E-state index in [1.54, 1.807) is 27.1 Å². The molecule has 1 aliphatic carbocycles. The maximum Gasteiger partial charge on any atom is 0.414 e. The van der Waals surface area contributed by atoms with Gasteiger partial charge >= 0.3 is 6.09 Å². The van der Waals surface area contributed by atoms with Gasteiger partial charge in [-0.15, -0.1) is 0 Å². The third-order valence-corrected chi connectivity index (χ3v) is 6.68. The molecule has 0 spiro atoms. The summed E-state index contributed by atoms with van der Waals surface area (Å²) in [5, 5.41) is 2.64. The Labute approximate surface area is 222 Å². The van der Waals surface area contributed by atoms with Crippen LogP contribution < -0.4 is 10.1 Å². The highest BCUT2D eigenvalue weighted by atomic mass is 16.7. The number of fused-ring (bicyclic) bond motifs is 2. The van der Waals surface area contributed by atoms with Crippen molar-refractivity contribution in [2.75, 3.05) is 18.5 Å². The van der Waals surface area contributed by atoms with Gasteiger partial charge in [0.25, 0.3) is 0 Å². The highest BCUT2D eigenvalue weighted by molar-refractivity contribution is 5.85. The molecule has 1 unspecified atom stereocenters. The van der Waals surface area contributed by atoms with E-state index in [9.17, 15) is 4.79 Å². The van der Waals surface area contributed by atoms with Crippen LogP contribution in [-0.4, -0.2) is 50.5 Å². The van der Waals surface area contributed by atoms with E-state index >= 15 is 0 Å². The minimum absolute atomic E-state index is 0.0506. The van der Waals surface area contributed by atoms with Crippen molar-refractivity contribution in [3.63, 3.8) is 0 Å². The molecule has 1 saturated heterocycles. The summed E-state index contributed by atoms with van der Waals surface area (Å²) in [6, 6.07) is 9.83. The van der Waals surface area contributed by atoms with Crippen molar-refractivity contribution in [3.8, 4) is 5.88 Å². The van der Waals surface area contributed by atoms with Crippen LogP contribution in [0.4, 0.5) is 10.7 Å². The van der Waals surface area contributed by atoms with Crippen LogP contribution in [0.15, 0.2) is 48.8 Å². The molecule has 10 nitrogen and oxygen atoms in total. The summed E-state index contributed by atoms with van der Waals surface area (Å²) in [5.74, 6) is 0.460. The summed E-state index contributed by atoms with van der Waals surface area (Å²) < 4.78 is 25.7. The van der Waals surface area contributed by atoms with Crippen molar-refractivity contribution in [1.82, 2.24) is 19.5 Å². The molecule has 10 heteroatoms. The Bertz CT molecular complexity index is 1300. The maximum atomic E-state index is 12.5. The highest BCUT2D eigenvalue weighted by Crippen LogP contribution is 2.46. The van der Waals surface area contributed by atoms with E-state index in [0.29, 0.717) is 36.7 Å². The van der Waals surface area contributed by atoms with Gasteiger partial charge in [0.1, 0.15) is 5.60 Å². The number of rotatable bonds is 7. The Morgan fingerprint density at radius 2 is 2.03 bits per heavy atom. The number of carbonyl (C=O) groups is 1. The van der Waals surface area contributed by atoms with Crippen LogP contribution in [0.2, 0.25) is 0 Å². The minimum Gasteiger partial charge on any atom is -0.476 e. The first kappa shape index (κ1) is 26.1. The second-order valence-electron chi connectivity index (χ2n) is 10.7. The third-order valence-electron chi connectivity index (χ3n) is 6.68. The number of nitrogens with one attached hydrogen (secondary N) is 1. The number of hydrogen-bond donors (Lipinski definition) is 1. The van der Waals surface area contributed by atoms with E-state index in [1.165, 1.54) is 0 Å². The number of benzene rings is 1. The smallest absolute Gasteiger partial charge is 0.414 e. The molecule has 5 rings (SSSR count). The summed E-state index contributed by atoms with van der Waals surface area (Å²) in [6.07, 6.45) is 3.17. The Kier molecular flexibility index (Phi) is 7.36. The largest absolute Gasteiger partial charge is 0.476 e. The maximum absolute atomic E-state index is 12.5. The van der Waals surface area contributed by atoms with Gasteiger partial charge in [-0.25, -0.2) is 9.78 Å². The lowest BCUT2D eigenvalue weighted by molar-refractivity contribution is -0.229. The number of imidazole rings is 1. The number of unbranched alkanes of at least 4 members (excludes halogenated alkanes) is 1. The Hall–Kier alpha value is -3.50. The zero-order valence-electron chi connectivity index (χ0n) is 22.3. The fourth-order valence-electron chi connectivity index (χ4n) is 4.84. The summed E-state index contributed by atoms with van der Waals surface area (Å²) >= 11 is 0. The van der Waals surface area contributed by atoms with Crippen molar-refractivity contribution in [3.05, 3.63) is 54.4 Å². The molecule has 202 valence electrons. The lowest BCUT2D eigenvalue weighted by atomic mass is 10.0. The summed E-state index contributed by atoms with van der Waals surface area (Å²) in [6.45, 7) is 12.9. The predicted octanol–water partition coefficient (Wildman–Crippen LogP) is 5.58. The Morgan fingerprint density at radius 1 is 1.24 bits per heavy atom. The van der Waals surface area contributed by atoms with Gasteiger partial charge < -0.3 is 23.5 Å². The van der Waals surface area contributed by atoms with E-state index in [1.807, 2.05) is 34.9 Å². The van der Waals surface area contributed by atoms with E-state index in [2.05, 4.69) is 33.8 Å². The van der Waals surface area contributed by atoms with E-state index in [4.69, 9.17) is 18.9 Å². The van der Waals surface area contributed by atoms with Gasteiger partial charge in [0.05, 0.1) is 31.7 Å². The molecule has 0 radical (unpaired) electrons. The van der Waals surface area contributed by atoms with Gasteiger partial charge in [0.2, 0.25) is 11.8 Å². The zero-order valence-corrected chi connectivity index (χ0v) is 22.3.